The second-order valence-corrected chi connectivity index (χ2v) is 8.41. The van der Waals surface area contributed by atoms with Gasteiger partial charge < -0.3 is 57.2 Å². The summed E-state index contributed by atoms with van der Waals surface area (Å²) in [6, 6.07) is 3.85. The van der Waals surface area contributed by atoms with Crippen LogP contribution in [0.5, 0.6) is 17.2 Å². The Labute approximate surface area is 253 Å². The number of hydrogen-bond acceptors (Lipinski definition) is 12. The first-order valence-electron chi connectivity index (χ1n) is 13.8. The number of ether oxygens (including phenoxy) is 11. The SMILES string of the molecule is CCOCCOCCOc1c(OCCOCCOCCOC)cc(CBr)cc1OCCOCCOCCOC.CO. The summed E-state index contributed by atoms with van der Waals surface area (Å²) in [6.45, 7) is 10.1. The number of hydrogen-bond donors (Lipinski definition) is 1. The molecule has 12 nitrogen and oxygen atoms in total. The minimum absolute atomic E-state index is 0.330. The van der Waals surface area contributed by atoms with E-state index in [1.165, 1.54) is 0 Å². The molecule has 0 radical (unpaired) electrons. The van der Waals surface area contributed by atoms with Crippen molar-refractivity contribution < 1.29 is 57.2 Å². The van der Waals surface area contributed by atoms with E-state index in [-0.39, 0.29) is 0 Å². The maximum absolute atomic E-state index is 7.00. The smallest absolute Gasteiger partial charge is 0.203 e. The van der Waals surface area contributed by atoms with Crippen LogP contribution in [0.2, 0.25) is 0 Å². The molecule has 1 aromatic rings. The molecule has 0 aliphatic carbocycles. The number of halogens is 1. The van der Waals surface area contributed by atoms with Gasteiger partial charge in [0.15, 0.2) is 11.5 Å². The molecule has 1 rings (SSSR count). The maximum Gasteiger partial charge on any atom is 0.203 e. The summed E-state index contributed by atoms with van der Waals surface area (Å²) in [5.74, 6) is 1.66. The fourth-order valence-corrected chi connectivity index (χ4v) is 3.31. The number of aliphatic hydroxyl groups excluding tert-OH is 1. The van der Waals surface area contributed by atoms with E-state index in [0.29, 0.717) is 135 Å². The van der Waals surface area contributed by atoms with Crippen molar-refractivity contribution in [2.24, 2.45) is 0 Å². The van der Waals surface area contributed by atoms with Gasteiger partial charge in [0, 0.05) is 33.3 Å². The Morgan fingerprint density at radius 2 is 0.854 bits per heavy atom. The van der Waals surface area contributed by atoms with Gasteiger partial charge in [-0.15, -0.1) is 0 Å². The molecule has 1 aromatic carbocycles. The Morgan fingerprint density at radius 3 is 1.22 bits per heavy atom. The molecule has 0 unspecified atom stereocenters. The number of alkyl halides is 1. The molecule has 41 heavy (non-hydrogen) atoms. The molecule has 242 valence electrons. The summed E-state index contributed by atoms with van der Waals surface area (Å²) >= 11 is 3.52. The van der Waals surface area contributed by atoms with Crippen LogP contribution in [-0.2, 0) is 43.2 Å². The molecule has 0 saturated heterocycles. The van der Waals surface area contributed by atoms with Gasteiger partial charge >= 0.3 is 0 Å². The highest BCUT2D eigenvalue weighted by Gasteiger charge is 2.16. The van der Waals surface area contributed by atoms with Gasteiger partial charge in [0.25, 0.3) is 0 Å². The molecular formula is C28H51BrO12. The van der Waals surface area contributed by atoms with E-state index in [1.807, 2.05) is 19.1 Å². The molecule has 0 fully saturated rings. The zero-order valence-electron chi connectivity index (χ0n) is 25.2. The molecule has 0 atom stereocenters. The normalized spacial score (nSPS) is 10.8. The first-order valence-corrected chi connectivity index (χ1v) is 14.9. The third kappa shape index (κ3) is 22.9. The lowest BCUT2D eigenvalue weighted by atomic mass is 10.2. The van der Waals surface area contributed by atoms with Gasteiger partial charge in [-0.3, -0.25) is 0 Å². The van der Waals surface area contributed by atoms with Crippen molar-refractivity contribution in [3.63, 3.8) is 0 Å². The minimum atomic E-state index is 0.330. The fraction of sp³-hybridized carbons (Fsp3) is 0.786. The lowest BCUT2D eigenvalue weighted by Crippen LogP contribution is -2.15. The van der Waals surface area contributed by atoms with Crippen molar-refractivity contribution in [2.75, 3.05) is 134 Å². The maximum atomic E-state index is 7.00. The van der Waals surface area contributed by atoms with E-state index in [0.717, 1.165) is 12.7 Å². The van der Waals surface area contributed by atoms with Gasteiger partial charge in [-0.25, -0.2) is 0 Å². The Morgan fingerprint density at radius 1 is 0.512 bits per heavy atom. The molecular weight excluding hydrogens is 608 g/mol. The van der Waals surface area contributed by atoms with E-state index < -0.39 is 0 Å². The highest BCUT2D eigenvalue weighted by atomic mass is 79.9. The van der Waals surface area contributed by atoms with Crippen molar-refractivity contribution in [1.29, 1.82) is 0 Å². The second-order valence-electron chi connectivity index (χ2n) is 7.84. The highest BCUT2D eigenvalue weighted by molar-refractivity contribution is 9.08. The second kappa shape index (κ2) is 31.7. The Hall–Kier alpha value is -1.26. The van der Waals surface area contributed by atoms with E-state index in [2.05, 4.69) is 15.9 Å². The first kappa shape index (κ1) is 39.7. The van der Waals surface area contributed by atoms with Crippen LogP contribution in [-0.4, -0.2) is 139 Å². The summed E-state index contributed by atoms with van der Waals surface area (Å²) in [4.78, 5) is 0. The zero-order chi connectivity index (χ0) is 30.2. The topological polar surface area (TPSA) is 122 Å². The van der Waals surface area contributed by atoms with Gasteiger partial charge in [0.1, 0.15) is 19.8 Å². The minimum Gasteiger partial charge on any atom is -0.487 e. The molecule has 1 N–H and O–H groups in total. The Balaban J connectivity index is 0.00000781. The predicted octanol–water partition coefficient (Wildman–Crippen LogP) is 2.74. The van der Waals surface area contributed by atoms with Crippen LogP contribution in [0, 0.1) is 0 Å². The molecule has 0 saturated carbocycles. The van der Waals surface area contributed by atoms with Crippen LogP contribution in [0.15, 0.2) is 12.1 Å². The molecule has 13 heteroatoms. The monoisotopic (exact) mass is 658 g/mol. The van der Waals surface area contributed by atoms with E-state index in [9.17, 15) is 0 Å². The Kier molecular flexibility index (Phi) is 30.7. The van der Waals surface area contributed by atoms with E-state index in [1.54, 1.807) is 14.2 Å². The molecule has 0 aliphatic rings. The van der Waals surface area contributed by atoms with Gasteiger partial charge in [-0.1, -0.05) is 15.9 Å². The summed E-state index contributed by atoms with van der Waals surface area (Å²) in [7, 11) is 4.28. The van der Waals surface area contributed by atoms with Crippen LogP contribution in [0.25, 0.3) is 0 Å². The van der Waals surface area contributed by atoms with Crippen molar-refractivity contribution in [1.82, 2.24) is 0 Å². The Bertz CT molecular complexity index is 640. The van der Waals surface area contributed by atoms with Crippen LogP contribution < -0.4 is 14.2 Å². The standard InChI is InChI=1S/C27H47BrO11.CH4O/c1-4-31-9-10-34-17-20-39-27-25(37-18-15-35-13-11-32-7-5-29-2)21-24(23-28)22-26(27)38-19-16-36-14-12-33-8-6-30-3;1-2/h21-22H,4-20,23H2,1-3H3;2H,1H3. The fourth-order valence-electron chi connectivity index (χ4n) is 2.98. The summed E-state index contributed by atoms with van der Waals surface area (Å²) in [5.41, 5.74) is 0.986. The average molecular weight is 660 g/mol. The third-order valence-corrected chi connectivity index (χ3v) is 5.51. The number of rotatable bonds is 29. The largest absolute Gasteiger partial charge is 0.487 e. The van der Waals surface area contributed by atoms with Crippen molar-refractivity contribution >= 4 is 15.9 Å². The van der Waals surface area contributed by atoms with Crippen LogP contribution in [0.3, 0.4) is 0 Å². The van der Waals surface area contributed by atoms with E-state index >= 15 is 0 Å². The lowest BCUT2D eigenvalue weighted by Gasteiger charge is -2.18. The van der Waals surface area contributed by atoms with Gasteiger partial charge in [0.05, 0.1) is 85.9 Å². The quantitative estimate of drug-likeness (QED) is 0.101. The molecule has 0 bridgehead atoms. The summed E-state index contributed by atoms with van der Waals surface area (Å²) in [6.07, 6.45) is 0. The summed E-state index contributed by atoms with van der Waals surface area (Å²) in [5, 5.41) is 7.63. The van der Waals surface area contributed by atoms with Crippen LogP contribution in [0.4, 0.5) is 0 Å². The zero-order valence-corrected chi connectivity index (χ0v) is 26.8. The van der Waals surface area contributed by atoms with Gasteiger partial charge in [-0.2, -0.15) is 0 Å². The number of aliphatic hydroxyl groups is 1. The number of benzene rings is 1. The van der Waals surface area contributed by atoms with Gasteiger partial charge in [-0.05, 0) is 24.6 Å². The first-order chi connectivity index (χ1) is 20.3. The molecule has 0 heterocycles. The van der Waals surface area contributed by atoms with Crippen molar-refractivity contribution in [2.45, 2.75) is 12.3 Å². The predicted molar refractivity (Wildman–Crippen MR) is 158 cm³/mol. The van der Waals surface area contributed by atoms with Gasteiger partial charge in [0.2, 0.25) is 5.75 Å². The highest BCUT2D eigenvalue weighted by Crippen LogP contribution is 2.39. The van der Waals surface area contributed by atoms with Crippen LogP contribution >= 0.6 is 15.9 Å². The molecule has 0 spiro atoms. The van der Waals surface area contributed by atoms with Crippen LogP contribution in [0.1, 0.15) is 12.5 Å². The molecule has 0 amide bonds. The third-order valence-electron chi connectivity index (χ3n) is 4.86. The summed E-state index contributed by atoms with van der Waals surface area (Å²) < 4.78 is 60.9. The molecule has 0 aromatic heterocycles. The average Bonchev–Trinajstić information content (AvgIpc) is 3.00. The van der Waals surface area contributed by atoms with E-state index in [4.69, 9.17) is 57.2 Å². The number of methoxy groups -OCH3 is 2. The van der Waals surface area contributed by atoms with Crippen molar-refractivity contribution in [3.8, 4) is 17.2 Å². The van der Waals surface area contributed by atoms with Crippen molar-refractivity contribution in [3.05, 3.63) is 17.7 Å². The molecule has 0 aliphatic heterocycles. The lowest BCUT2D eigenvalue weighted by molar-refractivity contribution is 0.0165.